The number of aromatic nitrogens is 3. The zero-order valence-corrected chi connectivity index (χ0v) is 11.1. The first-order chi connectivity index (χ1) is 9.19. The van der Waals surface area contributed by atoms with Crippen LogP contribution in [-0.2, 0) is 6.54 Å². The summed E-state index contributed by atoms with van der Waals surface area (Å²) in [7, 11) is 0. The Hall–Kier alpha value is -2.20. The third-order valence-corrected chi connectivity index (χ3v) is 3.30. The van der Waals surface area contributed by atoms with E-state index < -0.39 is 0 Å². The molecule has 96 valence electrons. The first kappa shape index (κ1) is 11.9. The summed E-state index contributed by atoms with van der Waals surface area (Å²) in [4.78, 5) is 9.02. The highest BCUT2D eigenvalue weighted by atomic mass is 15.1. The number of hydrogen-bond acceptors (Lipinski definition) is 3. The van der Waals surface area contributed by atoms with Gasteiger partial charge in [-0.25, -0.2) is 9.97 Å². The van der Waals surface area contributed by atoms with Crippen LogP contribution in [0.25, 0.3) is 16.8 Å². The van der Waals surface area contributed by atoms with Crippen molar-refractivity contribution >= 4 is 5.65 Å². The van der Waals surface area contributed by atoms with Gasteiger partial charge < -0.3 is 5.73 Å². The number of nitrogens with zero attached hydrogens (tertiary/aromatic N) is 3. The molecule has 0 amide bonds. The second kappa shape index (κ2) is 4.48. The van der Waals surface area contributed by atoms with Crippen molar-refractivity contribution in [1.29, 1.82) is 0 Å². The summed E-state index contributed by atoms with van der Waals surface area (Å²) in [6.07, 6.45) is 3.83. The normalized spacial score (nSPS) is 11.1. The molecule has 0 radical (unpaired) electrons. The van der Waals surface area contributed by atoms with Crippen LogP contribution in [0.2, 0.25) is 0 Å². The third-order valence-electron chi connectivity index (χ3n) is 3.30. The first-order valence-corrected chi connectivity index (χ1v) is 6.29. The van der Waals surface area contributed by atoms with Gasteiger partial charge in [0.2, 0.25) is 0 Å². The van der Waals surface area contributed by atoms with Crippen molar-refractivity contribution in [2.75, 3.05) is 0 Å². The predicted molar refractivity (Wildman–Crippen MR) is 75.8 cm³/mol. The third kappa shape index (κ3) is 2.00. The fraction of sp³-hybridized carbons (Fsp3) is 0.200. The van der Waals surface area contributed by atoms with Gasteiger partial charge in [0.05, 0.1) is 5.69 Å². The summed E-state index contributed by atoms with van der Waals surface area (Å²) >= 11 is 0. The summed E-state index contributed by atoms with van der Waals surface area (Å²) in [6.45, 7) is 4.48. The molecule has 0 unspecified atom stereocenters. The standard InChI is InChI=1S/C15H16N4/c1-10-3-5-12(6-4-10)14-8-17-11(2)19-9-13(7-16)18-15(14)19/h3-6,8-9H,7,16H2,1-2H3. The molecule has 4 heteroatoms. The molecular formula is C15H16N4. The summed E-state index contributed by atoms with van der Waals surface area (Å²) in [5.41, 5.74) is 10.9. The molecule has 0 aliphatic rings. The highest BCUT2D eigenvalue weighted by molar-refractivity contribution is 5.77. The molecule has 3 aromatic rings. The van der Waals surface area contributed by atoms with E-state index in [1.807, 2.05) is 23.7 Å². The first-order valence-electron chi connectivity index (χ1n) is 6.29. The number of hydrogen-bond donors (Lipinski definition) is 1. The molecule has 1 aromatic carbocycles. The van der Waals surface area contributed by atoms with Gasteiger partial charge in [0.25, 0.3) is 0 Å². The largest absolute Gasteiger partial charge is 0.325 e. The zero-order valence-electron chi connectivity index (χ0n) is 11.1. The van der Waals surface area contributed by atoms with E-state index in [4.69, 9.17) is 5.73 Å². The molecule has 0 fully saturated rings. The SMILES string of the molecule is Cc1ccc(-c2cnc(C)n3cc(CN)nc23)cc1. The van der Waals surface area contributed by atoms with E-state index in [2.05, 4.69) is 41.2 Å². The smallest absolute Gasteiger partial charge is 0.147 e. The molecule has 0 atom stereocenters. The highest BCUT2D eigenvalue weighted by Gasteiger charge is 2.10. The number of rotatable bonds is 2. The minimum Gasteiger partial charge on any atom is -0.325 e. The van der Waals surface area contributed by atoms with Crippen LogP contribution in [0.5, 0.6) is 0 Å². The van der Waals surface area contributed by atoms with Gasteiger partial charge in [-0.1, -0.05) is 29.8 Å². The maximum absolute atomic E-state index is 5.68. The van der Waals surface area contributed by atoms with Gasteiger partial charge in [0, 0.05) is 24.5 Å². The Bertz CT molecular complexity index is 726. The second-order valence-electron chi connectivity index (χ2n) is 4.72. The Morgan fingerprint density at radius 2 is 1.89 bits per heavy atom. The van der Waals surface area contributed by atoms with Gasteiger partial charge >= 0.3 is 0 Å². The summed E-state index contributed by atoms with van der Waals surface area (Å²) in [5.74, 6) is 0.915. The van der Waals surface area contributed by atoms with Crippen molar-refractivity contribution in [2.45, 2.75) is 20.4 Å². The van der Waals surface area contributed by atoms with Gasteiger partial charge in [-0.15, -0.1) is 0 Å². The van der Waals surface area contributed by atoms with Crippen LogP contribution < -0.4 is 5.73 Å². The van der Waals surface area contributed by atoms with Crippen molar-refractivity contribution < 1.29 is 0 Å². The fourth-order valence-corrected chi connectivity index (χ4v) is 2.18. The summed E-state index contributed by atoms with van der Waals surface area (Å²) in [6, 6.07) is 8.38. The maximum Gasteiger partial charge on any atom is 0.147 e. The Balaban J connectivity index is 2.26. The minimum absolute atomic E-state index is 0.439. The molecule has 0 bridgehead atoms. The monoisotopic (exact) mass is 252 g/mol. The van der Waals surface area contributed by atoms with E-state index >= 15 is 0 Å². The summed E-state index contributed by atoms with van der Waals surface area (Å²) in [5, 5.41) is 0. The van der Waals surface area contributed by atoms with Crippen LogP contribution in [-0.4, -0.2) is 14.4 Å². The quantitative estimate of drug-likeness (QED) is 0.762. The number of benzene rings is 1. The molecule has 0 spiro atoms. The molecule has 2 heterocycles. The lowest BCUT2D eigenvalue weighted by Gasteiger charge is -2.06. The van der Waals surface area contributed by atoms with E-state index in [0.29, 0.717) is 6.54 Å². The molecule has 19 heavy (non-hydrogen) atoms. The van der Waals surface area contributed by atoms with Crippen molar-refractivity contribution in [1.82, 2.24) is 14.4 Å². The lowest BCUT2D eigenvalue weighted by atomic mass is 10.1. The molecule has 0 saturated carbocycles. The van der Waals surface area contributed by atoms with E-state index in [1.54, 1.807) is 0 Å². The van der Waals surface area contributed by atoms with Gasteiger partial charge in [-0.05, 0) is 19.4 Å². The molecule has 3 rings (SSSR count). The van der Waals surface area contributed by atoms with Gasteiger partial charge in [-0.3, -0.25) is 4.40 Å². The van der Waals surface area contributed by atoms with Crippen LogP contribution in [0.4, 0.5) is 0 Å². The number of imidazole rings is 1. The van der Waals surface area contributed by atoms with Gasteiger partial charge in [0.1, 0.15) is 11.5 Å². The molecule has 2 N–H and O–H groups in total. The predicted octanol–water partition coefficient (Wildman–Crippen LogP) is 2.47. The van der Waals surface area contributed by atoms with Crippen LogP contribution in [0.1, 0.15) is 17.1 Å². The van der Waals surface area contributed by atoms with E-state index in [0.717, 1.165) is 28.3 Å². The molecule has 0 aliphatic heterocycles. The average Bonchev–Trinajstić information content (AvgIpc) is 2.86. The van der Waals surface area contributed by atoms with Crippen molar-refractivity contribution in [3.8, 4) is 11.1 Å². The van der Waals surface area contributed by atoms with Crippen molar-refractivity contribution in [2.24, 2.45) is 5.73 Å². The molecule has 2 aromatic heterocycles. The number of aryl methyl sites for hydroxylation is 2. The number of fused-ring (bicyclic) bond motifs is 1. The fourth-order valence-electron chi connectivity index (χ4n) is 2.18. The average molecular weight is 252 g/mol. The lowest BCUT2D eigenvalue weighted by molar-refractivity contribution is 0.979. The number of nitrogens with two attached hydrogens (primary N) is 1. The molecular weight excluding hydrogens is 236 g/mol. The second-order valence-corrected chi connectivity index (χ2v) is 4.72. The van der Waals surface area contributed by atoms with Crippen LogP contribution >= 0.6 is 0 Å². The Labute approximate surface area is 111 Å². The summed E-state index contributed by atoms with van der Waals surface area (Å²) < 4.78 is 2.00. The molecule has 0 saturated heterocycles. The molecule has 0 aliphatic carbocycles. The van der Waals surface area contributed by atoms with E-state index in [-0.39, 0.29) is 0 Å². The highest BCUT2D eigenvalue weighted by Crippen LogP contribution is 2.24. The van der Waals surface area contributed by atoms with E-state index in [9.17, 15) is 0 Å². The topological polar surface area (TPSA) is 56.2 Å². The van der Waals surface area contributed by atoms with Crippen molar-refractivity contribution in [3.05, 3.63) is 53.7 Å². The maximum atomic E-state index is 5.68. The minimum atomic E-state index is 0.439. The Morgan fingerprint density at radius 1 is 1.16 bits per heavy atom. The van der Waals surface area contributed by atoms with Crippen LogP contribution in [0, 0.1) is 13.8 Å². The van der Waals surface area contributed by atoms with Crippen LogP contribution in [0.3, 0.4) is 0 Å². The van der Waals surface area contributed by atoms with Crippen LogP contribution in [0.15, 0.2) is 36.7 Å². The molecule has 4 nitrogen and oxygen atoms in total. The lowest BCUT2D eigenvalue weighted by Crippen LogP contribution is -1.96. The van der Waals surface area contributed by atoms with Crippen molar-refractivity contribution in [3.63, 3.8) is 0 Å². The van der Waals surface area contributed by atoms with Gasteiger partial charge in [0.15, 0.2) is 0 Å². The van der Waals surface area contributed by atoms with E-state index in [1.165, 1.54) is 5.56 Å². The Morgan fingerprint density at radius 3 is 2.58 bits per heavy atom. The Kier molecular flexibility index (Phi) is 2.80. The van der Waals surface area contributed by atoms with Gasteiger partial charge in [-0.2, -0.15) is 0 Å². The zero-order chi connectivity index (χ0) is 13.4.